The Morgan fingerprint density at radius 3 is 0.909 bits per heavy atom. The number of hydrogen-bond donors (Lipinski definition) is 0. The van der Waals surface area contributed by atoms with Crippen LogP contribution in [-0.4, -0.2) is 13.2 Å². The molecule has 66 heavy (non-hydrogen) atoms. The summed E-state index contributed by atoms with van der Waals surface area (Å²) in [5.41, 5.74) is 12.3. The Morgan fingerprint density at radius 1 is 0.318 bits per heavy atom. The van der Waals surface area contributed by atoms with Crippen LogP contribution in [0.2, 0.25) is 0 Å². The quantitative estimate of drug-likeness (QED) is 0.0361. The van der Waals surface area contributed by atoms with Crippen LogP contribution in [0.1, 0.15) is 235 Å². The molecule has 0 saturated carbocycles. The monoisotopic (exact) mass is 879 g/mol. The van der Waals surface area contributed by atoms with Crippen LogP contribution in [0.25, 0.3) is 0 Å². The Hall–Kier alpha value is -5.18. The van der Waals surface area contributed by atoms with Crippen molar-refractivity contribution in [3.63, 3.8) is 0 Å². The first kappa shape index (κ1) is 48.7. The second kappa shape index (κ2) is 27.5. The molecule has 8 rings (SSSR count). The Balaban J connectivity index is 0.949. The van der Waals surface area contributed by atoms with Crippen LogP contribution >= 0.6 is 0 Å². The maximum Gasteiger partial charge on any atom is 0.119 e. The summed E-state index contributed by atoms with van der Waals surface area (Å²) in [5.74, 6) is 16.4. The molecule has 3 aliphatic rings. The summed E-state index contributed by atoms with van der Waals surface area (Å²) in [5, 5.41) is 0. The van der Waals surface area contributed by atoms with Crippen molar-refractivity contribution in [2.24, 2.45) is 0 Å². The standard InChI is InChI=1S/C64H78O2/c1-3-5-7-9-11-13-15-17-19-21-23-29-49-65-55-45-37-51(38-46-55)35-41-53-43-44-54(62-61(53)63-57-31-25-27-33-59(57)64(62)60-34-28-26-32-58(60)63)42-36-52-39-47-56(48-40-52)66-50-30-24-22-20-18-16-14-12-10-8-6-4-2/h25-28,31-34,37-40,43-48,63-64H,3-24,29-30,49-50H2,1-2H3. The molecule has 0 unspecified atom stereocenters. The van der Waals surface area contributed by atoms with Crippen LogP contribution in [-0.2, 0) is 0 Å². The molecule has 0 spiro atoms. The lowest BCUT2D eigenvalue weighted by Gasteiger charge is -2.43. The van der Waals surface area contributed by atoms with E-state index in [1.165, 1.54) is 175 Å². The molecule has 0 aliphatic heterocycles. The van der Waals surface area contributed by atoms with Gasteiger partial charge >= 0.3 is 0 Å². The average molecular weight is 879 g/mol. The Labute approximate surface area is 400 Å². The smallest absolute Gasteiger partial charge is 0.119 e. The van der Waals surface area contributed by atoms with Gasteiger partial charge in [0, 0.05) is 34.1 Å². The minimum absolute atomic E-state index is 0.112. The molecular formula is C64H78O2. The van der Waals surface area contributed by atoms with Crippen molar-refractivity contribution in [2.45, 2.75) is 180 Å². The van der Waals surface area contributed by atoms with E-state index < -0.39 is 0 Å². The van der Waals surface area contributed by atoms with Gasteiger partial charge in [-0.25, -0.2) is 0 Å². The molecule has 5 aromatic carbocycles. The highest BCUT2D eigenvalue weighted by Crippen LogP contribution is 2.57. The van der Waals surface area contributed by atoms with Crippen LogP contribution < -0.4 is 9.47 Å². The van der Waals surface area contributed by atoms with Gasteiger partial charge in [-0.3, -0.25) is 0 Å². The number of ether oxygens (including phenoxy) is 2. The van der Waals surface area contributed by atoms with E-state index in [-0.39, 0.29) is 11.8 Å². The zero-order valence-corrected chi connectivity index (χ0v) is 40.7. The Morgan fingerprint density at radius 2 is 0.606 bits per heavy atom. The van der Waals surface area contributed by atoms with E-state index in [1.54, 1.807) is 0 Å². The van der Waals surface area contributed by atoms with E-state index in [0.29, 0.717) is 0 Å². The average Bonchev–Trinajstić information content (AvgIpc) is 3.36. The lowest BCUT2D eigenvalue weighted by atomic mass is 9.59. The maximum absolute atomic E-state index is 6.14. The minimum Gasteiger partial charge on any atom is -0.494 e. The van der Waals surface area contributed by atoms with Gasteiger partial charge in [-0.15, -0.1) is 0 Å². The summed E-state index contributed by atoms with van der Waals surface area (Å²) in [6.45, 7) is 6.13. The van der Waals surface area contributed by atoms with Gasteiger partial charge in [0.05, 0.1) is 13.2 Å². The van der Waals surface area contributed by atoms with E-state index in [2.05, 4.69) is 147 Å². The van der Waals surface area contributed by atoms with Crippen molar-refractivity contribution in [1.29, 1.82) is 0 Å². The zero-order valence-electron chi connectivity index (χ0n) is 40.7. The minimum atomic E-state index is 0.112. The van der Waals surface area contributed by atoms with Gasteiger partial charge in [-0.1, -0.05) is 227 Å². The summed E-state index contributed by atoms with van der Waals surface area (Å²) >= 11 is 0. The largest absolute Gasteiger partial charge is 0.494 e. The van der Waals surface area contributed by atoms with Crippen LogP contribution in [0.5, 0.6) is 11.5 Å². The predicted molar refractivity (Wildman–Crippen MR) is 279 cm³/mol. The first-order valence-electron chi connectivity index (χ1n) is 26.6. The fourth-order valence-electron chi connectivity index (χ4n) is 10.3. The second-order valence-electron chi connectivity index (χ2n) is 19.1. The van der Waals surface area contributed by atoms with Gasteiger partial charge in [0.1, 0.15) is 11.5 Å². The van der Waals surface area contributed by atoms with Gasteiger partial charge in [0.2, 0.25) is 0 Å². The third-order valence-electron chi connectivity index (χ3n) is 14.0. The lowest BCUT2D eigenvalue weighted by molar-refractivity contribution is 0.304. The van der Waals surface area contributed by atoms with Gasteiger partial charge in [0.25, 0.3) is 0 Å². The lowest BCUT2D eigenvalue weighted by Crippen LogP contribution is -2.29. The van der Waals surface area contributed by atoms with Gasteiger partial charge in [0.15, 0.2) is 0 Å². The first-order valence-corrected chi connectivity index (χ1v) is 26.6. The number of benzene rings is 5. The van der Waals surface area contributed by atoms with E-state index in [4.69, 9.17) is 9.47 Å². The van der Waals surface area contributed by atoms with Crippen molar-refractivity contribution in [3.05, 3.63) is 165 Å². The van der Waals surface area contributed by atoms with Crippen LogP contribution in [0, 0.1) is 23.7 Å². The highest BCUT2D eigenvalue weighted by Gasteiger charge is 2.43. The molecule has 3 aliphatic carbocycles. The third kappa shape index (κ3) is 14.2. The van der Waals surface area contributed by atoms with E-state index in [0.717, 1.165) is 59.8 Å². The molecular weight excluding hydrogens is 801 g/mol. The Kier molecular flexibility index (Phi) is 20.3. The topological polar surface area (TPSA) is 18.5 Å². The number of rotatable bonds is 28. The highest BCUT2D eigenvalue weighted by molar-refractivity contribution is 5.74. The molecule has 5 aromatic rings. The molecule has 0 atom stereocenters. The van der Waals surface area contributed by atoms with Crippen LogP contribution in [0.4, 0.5) is 0 Å². The van der Waals surface area contributed by atoms with Crippen LogP contribution in [0.3, 0.4) is 0 Å². The summed E-state index contributed by atoms with van der Waals surface area (Å²) in [6.07, 6.45) is 32.4. The molecule has 0 amide bonds. The van der Waals surface area contributed by atoms with Crippen molar-refractivity contribution in [2.75, 3.05) is 13.2 Å². The van der Waals surface area contributed by atoms with E-state index >= 15 is 0 Å². The molecule has 0 N–H and O–H groups in total. The second-order valence-corrected chi connectivity index (χ2v) is 19.1. The molecule has 346 valence electrons. The van der Waals surface area contributed by atoms with Crippen molar-refractivity contribution < 1.29 is 9.47 Å². The van der Waals surface area contributed by atoms with E-state index in [1.807, 2.05) is 0 Å². The van der Waals surface area contributed by atoms with Gasteiger partial charge in [-0.05, 0) is 107 Å². The normalized spacial score (nSPS) is 14.0. The van der Waals surface area contributed by atoms with Crippen molar-refractivity contribution in [3.8, 4) is 35.2 Å². The molecule has 0 fully saturated rings. The molecule has 0 saturated heterocycles. The molecule has 2 heteroatoms. The third-order valence-corrected chi connectivity index (χ3v) is 14.0. The molecule has 2 nitrogen and oxygen atoms in total. The molecule has 0 radical (unpaired) electrons. The summed E-state index contributed by atoms with van der Waals surface area (Å²) in [7, 11) is 0. The maximum atomic E-state index is 6.14. The first-order chi connectivity index (χ1) is 32.7. The molecule has 2 bridgehead atoms. The number of unbranched alkanes of at least 4 members (excludes halogenated alkanes) is 22. The summed E-state index contributed by atoms with van der Waals surface area (Å²) in [6, 6.07) is 39.1. The fraction of sp³-hybridized carbons (Fsp3) is 0.469. The van der Waals surface area contributed by atoms with Gasteiger partial charge < -0.3 is 9.47 Å². The highest BCUT2D eigenvalue weighted by atomic mass is 16.5. The zero-order chi connectivity index (χ0) is 45.4. The number of hydrogen-bond acceptors (Lipinski definition) is 2. The summed E-state index contributed by atoms with van der Waals surface area (Å²) < 4.78 is 12.3. The molecule has 0 aromatic heterocycles. The molecule has 0 heterocycles. The Bertz CT molecular complexity index is 2120. The van der Waals surface area contributed by atoms with Gasteiger partial charge in [-0.2, -0.15) is 0 Å². The van der Waals surface area contributed by atoms with Crippen LogP contribution in [0.15, 0.2) is 109 Å². The predicted octanol–water partition coefficient (Wildman–Crippen LogP) is 17.6. The summed E-state index contributed by atoms with van der Waals surface area (Å²) in [4.78, 5) is 0. The van der Waals surface area contributed by atoms with Crippen molar-refractivity contribution >= 4 is 0 Å². The fourth-order valence-corrected chi connectivity index (χ4v) is 10.3. The SMILES string of the molecule is CCCCCCCCCCCCCCOc1ccc(C#Cc2ccc(C#Cc3ccc(OCCCCCCCCCCCCCC)cc3)c3c2C2c4ccccc4C3c3ccccc32)cc1. The van der Waals surface area contributed by atoms with Crippen molar-refractivity contribution in [1.82, 2.24) is 0 Å². The van der Waals surface area contributed by atoms with E-state index in [9.17, 15) is 0 Å².